The fourth-order valence-corrected chi connectivity index (χ4v) is 5.09. The molecule has 0 spiro atoms. The highest BCUT2D eigenvalue weighted by Gasteiger charge is 2.54. The van der Waals surface area contributed by atoms with Gasteiger partial charge in [0.25, 0.3) is 0 Å². The van der Waals surface area contributed by atoms with Gasteiger partial charge < -0.3 is 14.5 Å². The van der Waals surface area contributed by atoms with Crippen molar-refractivity contribution in [3.8, 4) is 5.75 Å². The second-order valence-electron chi connectivity index (χ2n) is 9.40. The van der Waals surface area contributed by atoms with Gasteiger partial charge in [-0.05, 0) is 37.4 Å². The minimum atomic E-state index is -1.31. The Morgan fingerprint density at radius 1 is 1.12 bits per heavy atom. The average Bonchev–Trinajstić information content (AvgIpc) is 3.30. The molecule has 2 aliphatic rings. The number of likely N-dealkylation sites (N-methyl/N-ethyl adjacent to an activating group) is 2. The lowest BCUT2D eigenvalue weighted by Crippen LogP contribution is -2.45. The molecule has 7 nitrogen and oxygen atoms in total. The highest BCUT2D eigenvalue weighted by atomic mass is 35.5. The molecular weight excluding hydrogens is 454 g/mol. The molecule has 3 amide bonds. The molecule has 2 heterocycles. The predicted octanol–water partition coefficient (Wildman–Crippen LogP) is 2.75. The van der Waals surface area contributed by atoms with Crippen LogP contribution in [0.25, 0.3) is 0 Å². The molecule has 1 saturated heterocycles. The van der Waals surface area contributed by atoms with Crippen molar-refractivity contribution in [2.24, 2.45) is 0 Å². The third-order valence-electron chi connectivity index (χ3n) is 6.64. The Labute approximate surface area is 205 Å². The van der Waals surface area contributed by atoms with Gasteiger partial charge in [0.05, 0.1) is 12.0 Å². The third kappa shape index (κ3) is 4.68. The number of ether oxygens (including phenoxy) is 1. The zero-order valence-corrected chi connectivity index (χ0v) is 20.5. The zero-order valence-electron chi connectivity index (χ0n) is 19.8. The summed E-state index contributed by atoms with van der Waals surface area (Å²) in [5.41, 5.74) is 0.328. The van der Waals surface area contributed by atoms with Crippen LogP contribution in [0.2, 0.25) is 5.02 Å². The van der Waals surface area contributed by atoms with E-state index in [0.717, 1.165) is 17.7 Å². The first-order valence-electron chi connectivity index (χ1n) is 11.4. The number of likely N-dealkylation sites (tertiary alicyclic amines) is 1. The normalized spacial score (nSPS) is 21.7. The molecule has 34 heavy (non-hydrogen) atoms. The standard InChI is InChI=1S/C26H30ClN3O4/c1-28(2)12-13-30-24(32)16-26(25(30)33,20-9-5-6-10-21(20)27)15-23(31)29(3)17-19-14-18-8-4-7-11-22(18)34-19/h4-11,19H,12-17H2,1-3H3/t19-,26+/m1/s1. The van der Waals surface area contributed by atoms with E-state index in [-0.39, 0.29) is 43.2 Å². The zero-order chi connectivity index (χ0) is 24.5. The molecule has 0 N–H and O–H groups in total. The van der Waals surface area contributed by atoms with Crippen LogP contribution in [0.1, 0.15) is 24.0 Å². The maximum absolute atomic E-state index is 13.7. The molecule has 2 aromatic carbocycles. The summed E-state index contributed by atoms with van der Waals surface area (Å²) in [6.07, 6.45) is 0.364. The van der Waals surface area contributed by atoms with Gasteiger partial charge in [0.15, 0.2) is 0 Å². The summed E-state index contributed by atoms with van der Waals surface area (Å²) < 4.78 is 5.99. The quantitative estimate of drug-likeness (QED) is 0.540. The molecule has 0 saturated carbocycles. The number of benzene rings is 2. The summed E-state index contributed by atoms with van der Waals surface area (Å²) in [7, 11) is 5.47. The van der Waals surface area contributed by atoms with Gasteiger partial charge in [-0.3, -0.25) is 19.3 Å². The topological polar surface area (TPSA) is 70.2 Å². The van der Waals surface area contributed by atoms with Gasteiger partial charge in [-0.1, -0.05) is 48.0 Å². The number of halogens is 1. The Bertz CT molecular complexity index is 1080. The third-order valence-corrected chi connectivity index (χ3v) is 6.97. The number of hydrogen-bond donors (Lipinski definition) is 0. The predicted molar refractivity (Wildman–Crippen MR) is 130 cm³/mol. The SMILES string of the molecule is CN(C)CCN1C(=O)C[C@@](CC(=O)N(C)C[C@H]2Cc3ccccc3O2)(c2ccccc2Cl)C1=O. The van der Waals surface area contributed by atoms with Crippen LogP contribution in [0, 0.1) is 0 Å². The molecule has 4 rings (SSSR count). The Morgan fingerprint density at radius 2 is 1.82 bits per heavy atom. The Morgan fingerprint density at radius 3 is 2.53 bits per heavy atom. The molecule has 1 fully saturated rings. The molecular formula is C26H30ClN3O4. The van der Waals surface area contributed by atoms with Crippen molar-refractivity contribution in [3.05, 3.63) is 64.7 Å². The van der Waals surface area contributed by atoms with E-state index in [4.69, 9.17) is 16.3 Å². The maximum Gasteiger partial charge on any atom is 0.240 e. The van der Waals surface area contributed by atoms with Crippen molar-refractivity contribution in [1.82, 2.24) is 14.7 Å². The lowest BCUT2D eigenvalue weighted by molar-refractivity contribution is -0.142. The second-order valence-corrected chi connectivity index (χ2v) is 9.80. The molecule has 0 unspecified atom stereocenters. The van der Waals surface area contributed by atoms with Crippen LogP contribution >= 0.6 is 11.6 Å². The van der Waals surface area contributed by atoms with Crippen molar-refractivity contribution in [3.63, 3.8) is 0 Å². The van der Waals surface area contributed by atoms with Gasteiger partial charge in [-0.2, -0.15) is 0 Å². The number of carbonyl (C=O) groups is 3. The smallest absolute Gasteiger partial charge is 0.240 e. The van der Waals surface area contributed by atoms with Gasteiger partial charge in [0.1, 0.15) is 11.9 Å². The second kappa shape index (κ2) is 9.76. The average molecular weight is 484 g/mol. The van der Waals surface area contributed by atoms with Crippen LogP contribution in [0.4, 0.5) is 0 Å². The molecule has 2 aliphatic heterocycles. The van der Waals surface area contributed by atoms with E-state index in [1.54, 1.807) is 36.2 Å². The minimum absolute atomic E-state index is 0.0755. The van der Waals surface area contributed by atoms with Gasteiger partial charge in [-0.15, -0.1) is 0 Å². The van der Waals surface area contributed by atoms with E-state index in [1.807, 2.05) is 43.3 Å². The Kier molecular flexibility index (Phi) is 6.96. The van der Waals surface area contributed by atoms with Crippen LogP contribution in [0.3, 0.4) is 0 Å². The minimum Gasteiger partial charge on any atom is -0.488 e. The summed E-state index contributed by atoms with van der Waals surface area (Å²) >= 11 is 6.50. The lowest BCUT2D eigenvalue weighted by atomic mass is 9.75. The maximum atomic E-state index is 13.7. The highest BCUT2D eigenvalue weighted by Crippen LogP contribution is 2.43. The van der Waals surface area contributed by atoms with Crippen molar-refractivity contribution >= 4 is 29.3 Å². The number of amides is 3. The van der Waals surface area contributed by atoms with Crippen LogP contribution in [-0.2, 0) is 26.2 Å². The number of fused-ring (bicyclic) bond motifs is 1. The van der Waals surface area contributed by atoms with Gasteiger partial charge in [-0.25, -0.2) is 0 Å². The van der Waals surface area contributed by atoms with E-state index < -0.39 is 5.41 Å². The number of rotatable bonds is 8. The van der Waals surface area contributed by atoms with Crippen molar-refractivity contribution in [2.45, 2.75) is 30.8 Å². The Hall–Kier alpha value is -2.90. The van der Waals surface area contributed by atoms with Crippen molar-refractivity contribution in [2.75, 3.05) is 40.8 Å². The van der Waals surface area contributed by atoms with E-state index in [1.165, 1.54) is 4.90 Å². The first-order chi connectivity index (χ1) is 16.2. The van der Waals surface area contributed by atoms with Gasteiger partial charge in [0.2, 0.25) is 17.7 Å². The fourth-order valence-electron chi connectivity index (χ4n) is 4.78. The number of hydrogen-bond acceptors (Lipinski definition) is 5. The molecule has 0 radical (unpaired) electrons. The number of carbonyl (C=O) groups excluding carboxylic acids is 3. The summed E-state index contributed by atoms with van der Waals surface area (Å²) in [4.78, 5) is 44.8. The molecule has 0 aliphatic carbocycles. The van der Waals surface area contributed by atoms with Crippen LogP contribution in [0.5, 0.6) is 5.75 Å². The highest BCUT2D eigenvalue weighted by molar-refractivity contribution is 6.32. The summed E-state index contributed by atoms with van der Waals surface area (Å²) in [5, 5.41) is 0.378. The molecule has 180 valence electrons. The van der Waals surface area contributed by atoms with E-state index in [9.17, 15) is 14.4 Å². The molecule has 2 aromatic rings. The number of imide groups is 1. The molecule has 2 atom stereocenters. The number of para-hydroxylation sites is 1. The van der Waals surface area contributed by atoms with Crippen LogP contribution in [-0.4, -0.2) is 79.3 Å². The summed E-state index contributed by atoms with van der Waals surface area (Å²) in [6, 6.07) is 14.8. The van der Waals surface area contributed by atoms with E-state index in [0.29, 0.717) is 23.7 Å². The van der Waals surface area contributed by atoms with Gasteiger partial charge in [0, 0.05) is 44.4 Å². The molecule has 0 bridgehead atoms. The van der Waals surface area contributed by atoms with E-state index >= 15 is 0 Å². The van der Waals surface area contributed by atoms with Crippen molar-refractivity contribution < 1.29 is 19.1 Å². The monoisotopic (exact) mass is 483 g/mol. The first kappa shape index (κ1) is 24.2. The summed E-state index contributed by atoms with van der Waals surface area (Å²) in [5.74, 6) is -0.0282. The van der Waals surface area contributed by atoms with Gasteiger partial charge >= 0.3 is 0 Å². The molecule has 0 aromatic heterocycles. The molecule has 8 heteroatoms. The van der Waals surface area contributed by atoms with Crippen LogP contribution < -0.4 is 4.74 Å². The van der Waals surface area contributed by atoms with Crippen molar-refractivity contribution in [1.29, 1.82) is 0 Å². The fraction of sp³-hybridized carbons (Fsp3) is 0.423. The first-order valence-corrected chi connectivity index (χ1v) is 11.8. The summed E-state index contributed by atoms with van der Waals surface area (Å²) in [6.45, 7) is 1.21. The largest absolute Gasteiger partial charge is 0.488 e. The number of nitrogens with zero attached hydrogens (tertiary/aromatic N) is 3. The Balaban J connectivity index is 1.55. The van der Waals surface area contributed by atoms with E-state index in [2.05, 4.69) is 0 Å². The van der Waals surface area contributed by atoms with Crippen LogP contribution in [0.15, 0.2) is 48.5 Å². The lowest BCUT2D eigenvalue weighted by Gasteiger charge is -2.30.